The number of amides is 2. The normalized spacial score (nSPS) is 10.8. The molecule has 0 saturated carbocycles. The quantitative estimate of drug-likeness (QED) is 0.460. The van der Waals surface area contributed by atoms with Crippen molar-refractivity contribution >= 4 is 24.1 Å². The van der Waals surface area contributed by atoms with Crippen molar-refractivity contribution in [2.24, 2.45) is 5.10 Å². The molecular formula is C19H19N3O3. The first-order valence-corrected chi connectivity index (χ1v) is 7.64. The van der Waals surface area contributed by atoms with E-state index in [1.54, 1.807) is 25.3 Å². The average Bonchev–Trinajstić information content (AvgIpc) is 2.66. The number of hydrazone groups is 1. The van der Waals surface area contributed by atoms with Crippen LogP contribution in [0.3, 0.4) is 0 Å². The highest BCUT2D eigenvalue weighted by molar-refractivity contribution is 5.94. The summed E-state index contributed by atoms with van der Waals surface area (Å²) in [5, 5.41) is 6.32. The molecule has 6 nitrogen and oxygen atoms in total. The van der Waals surface area contributed by atoms with Gasteiger partial charge in [0.2, 0.25) is 5.91 Å². The summed E-state index contributed by atoms with van der Waals surface area (Å²) in [6.45, 7) is -0.155. The Morgan fingerprint density at radius 2 is 1.76 bits per heavy atom. The van der Waals surface area contributed by atoms with Crippen LogP contribution in [0.2, 0.25) is 0 Å². The van der Waals surface area contributed by atoms with E-state index < -0.39 is 5.91 Å². The third-order valence-corrected chi connectivity index (χ3v) is 3.17. The zero-order valence-electron chi connectivity index (χ0n) is 13.8. The summed E-state index contributed by atoms with van der Waals surface area (Å²) in [5.41, 5.74) is 4.07. The second-order valence-electron chi connectivity index (χ2n) is 5.03. The Labute approximate surface area is 146 Å². The molecule has 0 heterocycles. The maximum atomic E-state index is 11.6. The van der Waals surface area contributed by atoms with Crippen LogP contribution >= 0.6 is 0 Å². The number of carbonyl (C=O) groups is 2. The molecular weight excluding hydrogens is 318 g/mol. The van der Waals surface area contributed by atoms with Crippen LogP contribution < -0.4 is 15.5 Å². The zero-order valence-corrected chi connectivity index (χ0v) is 13.8. The van der Waals surface area contributed by atoms with Crippen molar-refractivity contribution in [3.8, 4) is 5.75 Å². The predicted molar refractivity (Wildman–Crippen MR) is 97.2 cm³/mol. The molecule has 0 aliphatic heterocycles. The van der Waals surface area contributed by atoms with E-state index in [0.29, 0.717) is 0 Å². The Bertz CT molecular complexity index is 753. The lowest BCUT2D eigenvalue weighted by Gasteiger charge is -2.01. The van der Waals surface area contributed by atoms with Gasteiger partial charge in [-0.2, -0.15) is 5.10 Å². The average molecular weight is 337 g/mol. The third-order valence-electron chi connectivity index (χ3n) is 3.17. The number of carbonyl (C=O) groups excluding carboxylic acids is 2. The molecule has 2 amide bonds. The smallest absolute Gasteiger partial charge is 0.259 e. The van der Waals surface area contributed by atoms with Crippen molar-refractivity contribution in [3.63, 3.8) is 0 Å². The summed E-state index contributed by atoms with van der Waals surface area (Å²) in [5.74, 6) is -0.0168. The van der Waals surface area contributed by atoms with Gasteiger partial charge in [0.05, 0.1) is 19.9 Å². The Kier molecular flexibility index (Phi) is 6.94. The summed E-state index contributed by atoms with van der Waals surface area (Å²) >= 11 is 0. The lowest BCUT2D eigenvalue weighted by molar-refractivity contribution is -0.123. The molecule has 0 fully saturated rings. The molecule has 0 aromatic heterocycles. The number of methoxy groups -OCH3 is 1. The van der Waals surface area contributed by atoms with E-state index in [4.69, 9.17) is 4.74 Å². The van der Waals surface area contributed by atoms with Crippen LogP contribution in [0.1, 0.15) is 11.1 Å². The Balaban J connectivity index is 1.71. The second kappa shape index (κ2) is 9.67. The SMILES string of the molecule is COc1ccc(/C=N\NC(=O)CNC(=O)/C=C/c2ccccc2)cc1. The topological polar surface area (TPSA) is 79.8 Å². The van der Waals surface area contributed by atoms with Gasteiger partial charge >= 0.3 is 0 Å². The van der Waals surface area contributed by atoms with Gasteiger partial charge in [0.15, 0.2) is 0 Å². The molecule has 2 rings (SSSR count). The molecule has 25 heavy (non-hydrogen) atoms. The number of hydrogen-bond donors (Lipinski definition) is 2. The maximum Gasteiger partial charge on any atom is 0.259 e. The molecule has 128 valence electrons. The summed E-state index contributed by atoms with van der Waals surface area (Å²) in [6, 6.07) is 16.6. The van der Waals surface area contributed by atoms with Crippen molar-refractivity contribution < 1.29 is 14.3 Å². The maximum absolute atomic E-state index is 11.6. The first-order valence-electron chi connectivity index (χ1n) is 7.64. The van der Waals surface area contributed by atoms with Crippen molar-refractivity contribution in [2.45, 2.75) is 0 Å². The molecule has 0 atom stereocenters. The Morgan fingerprint density at radius 1 is 1.04 bits per heavy atom. The predicted octanol–water partition coefficient (Wildman–Crippen LogP) is 1.97. The van der Waals surface area contributed by atoms with Gasteiger partial charge in [-0.15, -0.1) is 0 Å². The Morgan fingerprint density at radius 3 is 2.44 bits per heavy atom. The van der Waals surface area contributed by atoms with E-state index >= 15 is 0 Å². The minimum Gasteiger partial charge on any atom is -0.497 e. The molecule has 0 saturated heterocycles. The number of nitrogens with one attached hydrogen (secondary N) is 2. The minimum absolute atomic E-state index is 0.155. The lowest BCUT2D eigenvalue weighted by atomic mass is 10.2. The van der Waals surface area contributed by atoms with E-state index in [0.717, 1.165) is 16.9 Å². The van der Waals surface area contributed by atoms with Crippen LogP contribution in [0.15, 0.2) is 65.8 Å². The standard InChI is InChI=1S/C19H19N3O3/c1-25-17-10-7-16(8-11-17)13-21-22-19(24)14-20-18(23)12-9-15-5-3-2-4-6-15/h2-13H,14H2,1H3,(H,20,23)(H,22,24)/b12-9+,21-13-. The summed E-state index contributed by atoms with van der Waals surface area (Å²) in [4.78, 5) is 23.3. The van der Waals surface area contributed by atoms with Crippen molar-refractivity contribution in [1.82, 2.24) is 10.7 Å². The molecule has 0 spiro atoms. The van der Waals surface area contributed by atoms with Crippen molar-refractivity contribution in [2.75, 3.05) is 13.7 Å². The van der Waals surface area contributed by atoms with Crippen LogP contribution in [0.5, 0.6) is 5.75 Å². The Hall–Kier alpha value is -3.41. The van der Waals surface area contributed by atoms with Gasteiger partial charge in [-0.1, -0.05) is 30.3 Å². The second-order valence-corrected chi connectivity index (χ2v) is 5.03. The zero-order chi connectivity index (χ0) is 17.9. The first-order chi connectivity index (χ1) is 12.2. The molecule has 2 aromatic rings. The van der Waals surface area contributed by atoms with Gasteiger partial charge < -0.3 is 10.1 Å². The third kappa shape index (κ3) is 6.70. The molecule has 6 heteroatoms. The van der Waals surface area contributed by atoms with E-state index in [2.05, 4.69) is 15.8 Å². The molecule has 0 unspecified atom stereocenters. The van der Waals surface area contributed by atoms with Crippen LogP contribution in [0.4, 0.5) is 0 Å². The van der Waals surface area contributed by atoms with Crippen LogP contribution in [-0.2, 0) is 9.59 Å². The van der Waals surface area contributed by atoms with E-state index in [-0.39, 0.29) is 12.5 Å². The van der Waals surface area contributed by atoms with Crippen molar-refractivity contribution in [3.05, 3.63) is 71.8 Å². The largest absolute Gasteiger partial charge is 0.497 e. The summed E-state index contributed by atoms with van der Waals surface area (Å²) in [7, 11) is 1.59. The van der Waals surface area contributed by atoms with Gasteiger partial charge in [-0.05, 0) is 41.5 Å². The fourth-order valence-corrected chi connectivity index (χ4v) is 1.87. The molecule has 0 aliphatic rings. The van der Waals surface area contributed by atoms with E-state index in [9.17, 15) is 9.59 Å². The lowest BCUT2D eigenvalue weighted by Crippen LogP contribution is -2.34. The van der Waals surface area contributed by atoms with Gasteiger partial charge in [-0.3, -0.25) is 9.59 Å². The van der Waals surface area contributed by atoms with Gasteiger partial charge in [-0.25, -0.2) is 5.43 Å². The van der Waals surface area contributed by atoms with Crippen LogP contribution in [0, 0.1) is 0 Å². The number of ether oxygens (including phenoxy) is 1. The van der Waals surface area contributed by atoms with Gasteiger partial charge in [0, 0.05) is 6.08 Å². The molecule has 2 N–H and O–H groups in total. The van der Waals surface area contributed by atoms with Crippen LogP contribution in [-0.4, -0.2) is 31.7 Å². The minimum atomic E-state index is -0.411. The number of hydrogen-bond acceptors (Lipinski definition) is 4. The molecule has 0 aliphatic carbocycles. The van der Waals surface area contributed by atoms with Gasteiger partial charge in [0.1, 0.15) is 5.75 Å². The van der Waals surface area contributed by atoms with E-state index in [1.807, 2.05) is 42.5 Å². The highest BCUT2D eigenvalue weighted by Gasteiger charge is 2.01. The highest BCUT2D eigenvalue weighted by Crippen LogP contribution is 2.09. The molecule has 2 aromatic carbocycles. The summed E-state index contributed by atoms with van der Waals surface area (Å²) in [6.07, 6.45) is 4.56. The van der Waals surface area contributed by atoms with Crippen molar-refractivity contribution in [1.29, 1.82) is 0 Å². The van der Waals surface area contributed by atoms with Crippen LogP contribution in [0.25, 0.3) is 6.08 Å². The fraction of sp³-hybridized carbons (Fsp3) is 0.105. The molecule has 0 radical (unpaired) electrons. The monoisotopic (exact) mass is 337 g/mol. The van der Waals surface area contributed by atoms with E-state index in [1.165, 1.54) is 12.3 Å². The summed E-state index contributed by atoms with van der Waals surface area (Å²) < 4.78 is 5.05. The number of nitrogens with zero attached hydrogens (tertiary/aromatic N) is 1. The number of rotatable bonds is 7. The van der Waals surface area contributed by atoms with Gasteiger partial charge in [0.25, 0.3) is 5.91 Å². The fourth-order valence-electron chi connectivity index (χ4n) is 1.87. The number of benzene rings is 2. The highest BCUT2D eigenvalue weighted by atomic mass is 16.5. The molecule has 0 bridgehead atoms. The first kappa shape index (κ1) is 17.9.